The molecule has 0 amide bonds. The van der Waals surface area contributed by atoms with Gasteiger partial charge in [0.1, 0.15) is 5.49 Å². The van der Waals surface area contributed by atoms with Crippen LogP contribution < -0.4 is 10.2 Å². The molecule has 2 rings (SSSR count). The van der Waals surface area contributed by atoms with Crippen LogP contribution in [0.4, 0.5) is 11.4 Å². The van der Waals surface area contributed by atoms with Crippen LogP contribution in [0, 0.1) is 20.2 Å². The summed E-state index contributed by atoms with van der Waals surface area (Å²) < 4.78 is 59.4. The first-order valence-electron chi connectivity index (χ1n) is 12.1. The Kier molecular flexibility index (Phi) is 15.2. The molecule has 0 bridgehead atoms. The standard InChI is InChI=1S/C11H17N2O6PS.C11H17N2O4PS/c1-3-12-20(16,19-4-2)9-21(17,18)11-7-5-10(6-8-11)13(14)15;1-3-12-18(16,17-4-2)9-19-11-7-5-10(6-8-11)13(14)15/h5-8H,3-4,9H2,1-2H3,(H,12,16);5-8H,3-4,9H2,1-2H3,(H,12,16). The van der Waals surface area contributed by atoms with Gasteiger partial charge in [0.05, 0.1) is 33.4 Å². The van der Waals surface area contributed by atoms with Crippen LogP contribution in [0.5, 0.6) is 0 Å². The number of nitro groups is 2. The maximum Gasteiger partial charge on any atom is 0.285 e. The fourth-order valence-corrected chi connectivity index (χ4v) is 10.9. The summed E-state index contributed by atoms with van der Waals surface area (Å²) in [5, 5.41) is 26.5. The van der Waals surface area contributed by atoms with Crippen molar-refractivity contribution in [1.29, 1.82) is 0 Å². The van der Waals surface area contributed by atoms with Gasteiger partial charge >= 0.3 is 0 Å². The minimum absolute atomic E-state index is 0.0454. The third-order valence-corrected chi connectivity index (χ3v) is 13.8. The summed E-state index contributed by atoms with van der Waals surface area (Å²) in [6, 6.07) is 10.6. The van der Waals surface area contributed by atoms with Gasteiger partial charge in [0.2, 0.25) is 0 Å². The second-order valence-electron chi connectivity index (χ2n) is 7.73. The van der Waals surface area contributed by atoms with Crippen LogP contribution in [0.15, 0.2) is 58.3 Å². The lowest BCUT2D eigenvalue weighted by Gasteiger charge is -2.18. The first-order chi connectivity index (χ1) is 18.7. The van der Waals surface area contributed by atoms with Crippen LogP contribution in [-0.2, 0) is 28.0 Å². The molecular formula is C22H34N4O10P2S2. The van der Waals surface area contributed by atoms with E-state index in [0.717, 1.165) is 29.2 Å². The second-order valence-corrected chi connectivity index (χ2v) is 16.1. The van der Waals surface area contributed by atoms with Crippen molar-refractivity contribution in [2.24, 2.45) is 0 Å². The summed E-state index contributed by atoms with van der Waals surface area (Å²) in [6.07, 6.45) is 0. The fraction of sp³-hybridized carbons (Fsp3) is 0.455. The van der Waals surface area contributed by atoms with Gasteiger partial charge in [-0.1, -0.05) is 13.8 Å². The van der Waals surface area contributed by atoms with Crippen molar-refractivity contribution in [2.45, 2.75) is 37.5 Å². The van der Waals surface area contributed by atoms with Gasteiger partial charge in [-0.3, -0.25) is 29.4 Å². The van der Waals surface area contributed by atoms with Gasteiger partial charge in [-0.15, -0.1) is 11.8 Å². The first-order valence-corrected chi connectivity index (χ1v) is 18.3. The molecule has 2 atom stereocenters. The molecule has 224 valence electrons. The van der Waals surface area contributed by atoms with Crippen molar-refractivity contribution < 1.29 is 36.4 Å². The Labute approximate surface area is 237 Å². The zero-order valence-electron chi connectivity index (χ0n) is 22.5. The van der Waals surface area contributed by atoms with Gasteiger partial charge < -0.3 is 9.05 Å². The Bertz CT molecular complexity index is 1290. The molecule has 0 aromatic heterocycles. The molecule has 14 nitrogen and oxygen atoms in total. The van der Waals surface area contributed by atoms with E-state index in [1.807, 2.05) is 6.92 Å². The maximum absolute atomic E-state index is 12.4. The predicted molar refractivity (Wildman–Crippen MR) is 155 cm³/mol. The molecule has 2 aromatic rings. The average Bonchev–Trinajstić information content (AvgIpc) is 2.88. The molecule has 0 spiro atoms. The fourth-order valence-electron chi connectivity index (χ4n) is 3.05. The monoisotopic (exact) mass is 640 g/mol. The SMILES string of the molecule is CCNP(=O)(CS(=O)(=O)c1ccc([N+](=O)[O-])cc1)OCC.CCNP(=O)(CSc1ccc([N+](=O)[O-])cc1)OCC. The highest BCUT2D eigenvalue weighted by atomic mass is 32.2. The van der Waals surface area contributed by atoms with Crippen molar-refractivity contribution in [3.05, 3.63) is 68.8 Å². The summed E-state index contributed by atoms with van der Waals surface area (Å²) >= 11 is 1.35. The van der Waals surface area contributed by atoms with Crippen LogP contribution in [0.3, 0.4) is 0 Å². The first kappa shape index (κ1) is 35.9. The van der Waals surface area contributed by atoms with Gasteiger partial charge in [-0.25, -0.2) is 18.6 Å². The Morgan fingerprint density at radius 2 is 1.20 bits per heavy atom. The summed E-state index contributed by atoms with van der Waals surface area (Å²) in [5.41, 5.74) is -0.566. The van der Waals surface area contributed by atoms with E-state index in [4.69, 9.17) is 9.05 Å². The molecule has 0 heterocycles. The summed E-state index contributed by atoms with van der Waals surface area (Å²) in [7, 11) is -10.2. The van der Waals surface area contributed by atoms with Gasteiger partial charge in [0, 0.05) is 42.3 Å². The zero-order valence-corrected chi connectivity index (χ0v) is 26.0. The molecule has 0 fully saturated rings. The van der Waals surface area contributed by atoms with Gasteiger partial charge in [0.15, 0.2) is 9.84 Å². The van der Waals surface area contributed by atoms with E-state index in [9.17, 15) is 37.8 Å². The van der Waals surface area contributed by atoms with Gasteiger partial charge in [-0.05, 0) is 38.1 Å². The molecule has 0 radical (unpaired) electrons. The molecule has 40 heavy (non-hydrogen) atoms. The zero-order chi connectivity index (χ0) is 30.4. The number of thioether (sulfide) groups is 1. The Balaban J connectivity index is 0.000000402. The molecular weight excluding hydrogens is 606 g/mol. The smallest absolute Gasteiger partial charge is 0.285 e. The molecule has 18 heteroatoms. The number of sulfone groups is 1. The predicted octanol–water partition coefficient (Wildman–Crippen LogP) is 5.65. The van der Waals surface area contributed by atoms with Crippen molar-refractivity contribution in [3.63, 3.8) is 0 Å². The molecule has 0 saturated carbocycles. The molecule has 0 saturated heterocycles. The lowest BCUT2D eigenvalue weighted by molar-refractivity contribution is -0.385. The van der Waals surface area contributed by atoms with E-state index >= 15 is 0 Å². The van der Waals surface area contributed by atoms with E-state index < -0.39 is 40.2 Å². The van der Waals surface area contributed by atoms with E-state index in [1.165, 1.54) is 23.9 Å². The lowest BCUT2D eigenvalue weighted by atomic mass is 10.3. The van der Waals surface area contributed by atoms with Crippen molar-refractivity contribution in [2.75, 3.05) is 37.3 Å². The summed E-state index contributed by atoms with van der Waals surface area (Å²) in [4.78, 5) is 20.7. The van der Waals surface area contributed by atoms with E-state index in [2.05, 4.69) is 10.2 Å². The van der Waals surface area contributed by atoms with Gasteiger partial charge in [0.25, 0.3) is 26.4 Å². The summed E-state index contributed by atoms with van der Waals surface area (Å²) in [5.74, 6) is 0. The van der Waals surface area contributed by atoms with Crippen molar-refractivity contribution in [1.82, 2.24) is 10.2 Å². The molecule has 2 unspecified atom stereocenters. The van der Waals surface area contributed by atoms with E-state index in [-0.39, 0.29) is 22.9 Å². The van der Waals surface area contributed by atoms with Crippen LogP contribution in [-0.4, -0.2) is 55.6 Å². The van der Waals surface area contributed by atoms with Gasteiger partial charge in [-0.2, -0.15) is 0 Å². The number of nitrogens with one attached hydrogen (secondary N) is 2. The Morgan fingerprint density at radius 1 is 0.775 bits per heavy atom. The quantitative estimate of drug-likeness (QED) is 0.0989. The number of hydrogen-bond acceptors (Lipinski definition) is 11. The molecule has 0 aliphatic carbocycles. The Morgan fingerprint density at radius 3 is 1.62 bits per heavy atom. The largest absolute Gasteiger partial charge is 0.317 e. The Hall–Kier alpha value is -2.16. The molecule has 0 aliphatic heterocycles. The minimum Gasteiger partial charge on any atom is -0.317 e. The highest BCUT2D eigenvalue weighted by Crippen LogP contribution is 2.47. The topological polar surface area (TPSA) is 197 Å². The second kappa shape index (κ2) is 16.9. The molecule has 2 aromatic carbocycles. The minimum atomic E-state index is -3.88. The normalized spacial score (nSPS) is 14.3. The number of rotatable bonds is 16. The van der Waals surface area contributed by atoms with Crippen molar-refractivity contribution in [3.8, 4) is 0 Å². The van der Waals surface area contributed by atoms with E-state index in [1.54, 1.807) is 32.9 Å². The average molecular weight is 641 g/mol. The molecule has 0 aliphatic rings. The summed E-state index contributed by atoms with van der Waals surface area (Å²) in [6.45, 7) is 8.31. The van der Waals surface area contributed by atoms with Crippen molar-refractivity contribution >= 4 is 48.0 Å². The number of benzene rings is 2. The third kappa shape index (κ3) is 12.1. The molecule has 2 N–H and O–H groups in total. The van der Waals surface area contributed by atoms with Crippen LogP contribution in [0.25, 0.3) is 0 Å². The number of nitrogens with zero attached hydrogens (tertiary/aromatic N) is 2. The third-order valence-electron chi connectivity index (χ3n) is 4.67. The van der Waals surface area contributed by atoms with Crippen LogP contribution >= 0.6 is 26.8 Å². The highest BCUT2D eigenvalue weighted by molar-refractivity contribution is 8.04. The van der Waals surface area contributed by atoms with E-state index in [0.29, 0.717) is 25.2 Å². The lowest BCUT2D eigenvalue weighted by Crippen LogP contribution is -2.19. The number of hydrogen-bond donors (Lipinski definition) is 2. The number of nitro benzene ring substituents is 2. The highest BCUT2D eigenvalue weighted by Gasteiger charge is 2.31. The van der Waals surface area contributed by atoms with Crippen LogP contribution in [0.2, 0.25) is 0 Å². The number of non-ortho nitro benzene ring substituents is 2. The maximum atomic E-state index is 12.4. The van der Waals surface area contributed by atoms with Crippen LogP contribution in [0.1, 0.15) is 27.7 Å².